The first kappa shape index (κ1) is 17.6. The molecule has 1 atom stereocenters. The van der Waals surface area contributed by atoms with Crippen molar-refractivity contribution in [2.75, 3.05) is 27.3 Å². The summed E-state index contributed by atoms with van der Waals surface area (Å²) in [5.41, 5.74) is 1.81. The fourth-order valence-corrected chi connectivity index (χ4v) is 3.40. The van der Waals surface area contributed by atoms with Gasteiger partial charge in [-0.15, -0.1) is 0 Å². The van der Waals surface area contributed by atoms with Crippen LogP contribution in [0.2, 0.25) is 0 Å². The minimum atomic E-state index is -0.109. The summed E-state index contributed by atoms with van der Waals surface area (Å²) < 4.78 is 10.4. The molecule has 1 aliphatic heterocycles. The first-order valence-electron chi connectivity index (χ1n) is 8.62. The molecule has 0 amide bonds. The highest BCUT2D eigenvalue weighted by molar-refractivity contribution is 5.28. The predicted octanol–water partition coefficient (Wildman–Crippen LogP) is 2.30. The summed E-state index contributed by atoms with van der Waals surface area (Å²) in [6, 6.07) is 9.67. The Hall–Kier alpha value is -2.18. The smallest absolute Gasteiger partial charge is 0.251 e. The third-order valence-corrected chi connectivity index (χ3v) is 4.54. The molecule has 1 fully saturated rings. The van der Waals surface area contributed by atoms with Crippen molar-refractivity contribution < 1.29 is 9.47 Å². The number of nitrogens with one attached hydrogen (secondary N) is 1. The standard InChI is InChI=1S/C19H25N3O3/c1-24-13-16-10-18(23)21-19(20-16)15-6-4-8-22(12-15)11-14-5-3-7-17(9-14)25-2/h3,5,7,9-10,15H,4,6,8,11-13H2,1-2H3,(H,20,21,23)/t15-/m1/s1. The van der Waals surface area contributed by atoms with E-state index in [1.807, 2.05) is 12.1 Å². The van der Waals surface area contributed by atoms with E-state index in [1.165, 1.54) is 11.6 Å². The highest BCUT2D eigenvalue weighted by Crippen LogP contribution is 2.25. The van der Waals surface area contributed by atoms with Crippen molar-refractivity contribution in [2.24, 2.45) is 0 Å². The number of methoxy groups -OCH3 is 2. The number of nitrogens with zero attached hydrogens (tertiary/aromatic N) is 2. The van der Waals surface area contributed by atoms with Crippen LogP contribution in [0.3, 0.4) is 0 Å². The number of piperidine rings is 1. The van der Waals surface area contributed by atoms with Crippen molar-refractivity contribution in [3.05, 3.63) is 57.8 Å². The van der Waals surface area contributed by atoms with Gasteiger partial charge in [0, 0.05) is 32.2 Å². The van der Waals surface area contributed by atoms with Gasteiger partial charge >= 0.3 is 0 Å². The molecule has 1 aromatic heterocycles. The number of rotatable bonds is 6. The van der Waals surface area contributed by atoms with Gasteiger partial charge in [0.15, 0.2) is 0 Å². The molecule has 25 heavy (non-hydrogen) atoms. The van der Waals surface area contributed by atoms with Crippen LogP contribution in [0.25, 0.3) is 0 Å². The molecule has 2 aromatic rings. The molecule has 0 unspecified atom stereocenters. The van der Waals surface area contributed by atoms with Crippen LogP contribution in [0.4, 0.5) is 0 Å². The van der Waals surface area contributed by atoms with Gasteiger partial charge in [0.1, 0.15) is 11.6 Å². The lowest BCUT2D eigenvalue weighted by molar-refractivity contribution is 0.178. The van der Waals surface area contributed by atoms with E-state index in [9.17, 15) is 4.79 Å². The first-order chi connectivity index (χ1) is 12.2. The molecule has 2 heterocycles. The van der Waals surface area contributed by atoms with Gasteiger partial charge in [0.05, 0.1) is 19.4 Å². The predicted molar refractivity (Wildman–Crippen MR) is 95.8 cm³/mol. The zero-order valence-electron chi connectivity index (χ0n) is 14.8. The van der Waals surface area contributed by atoms with Crippen LogP contribution in [-0.2, 0) is 17.9 Å². The Morgan fingerprint density at radius 3 is 3.00 bits per heavy atom. The Morgan fingerprint density at radius 1 is 1.32 bits per heavy atom. The van der Waals surface area contributed by atoms with E-state index < -0.39 is 0 Å². The number of H-pyrrole nitrogens is 1. The molecular formula is C19H25N3O3. The molecule has 1 saturated heterocycles. The van der Waals surface area contributed by atoms with E-state index in [4.69, 9.17) is 9.47 Å². The van der Waals surface area contributed by atoms with Gasteiger partial charge in [-0.25, -0.2) is 4.98 Å². The van der Waals surface area contributed by atoms with Crippen LogP contribution in [0.15, 0.2) is 35.1 Å². The maximum absolute atomic E-state index is 11.9. The maximum atomic E-state index is 11.9. The van der Waals surface area contributed by atoms with E-state index >= 15 is 0 Å². The van der Waals surface area contributed by atoms with Gasteiger partial charge in [0.25, 0.3) is 5.56 Å². The average molecular weight is 343 g/mol. The summed E-state index contributed by atoms with van der Waals surface area (Å²) in [4.78, 5) is 21.8. The number of hydrogen-bond donors (Lipinski definition) is 1. The Balaban J connectivity index is 1.71. The van der Waals surface area contributed by atoms with Crippen molar-refractivity contribution in [1.29, 1.82) is 0 Å². The van der Waals surface area contributed by atoms with Crippen LogP contribution in [-0.4, -0.2) is 42.2 Å². The second-order valence-electron chi connectivity index (χ2n) is 6.48. The van der Waals surface area contributed by atoms with Gasteiger partial charge in [-0.2, -0.15) is 0 Å². The topological polar surface area (TPSA) is 67.5 Å². The quantitative estimate of drug-likeness (QED) is 0.872. The molecule has 0 aliphatic carbocycles. The highest BCUT2D eigenvalue weighted by atomic mass is 16.5. The fraction of sp³-hybridized carbons (Fsp3) is 0.474. The Bertz CT molecular complexity index is 760. The molecule has 3 rings (SSSR count). The third kappa shape index (κ3) is 4.67. The molecule has 0 spiro atoms. The van der Waals surface area contributed by atoms with Crippen LogP contribution in [0.5, 0.6) is 5.75 Å². The lowest BCUT2D eigenvalue weighted by Crippen LogP contribution is -2.35. The molecule has 0 bridgehead atoms. The minimum absolute atomic E-state index is 0.109. The van der Waals surface area contributed by atoms with Gasteiger partial charge in [0.2, 0.25) is 0 Å². The zero-order valence-corrected chi connectivity index (χ0v) is 14.8. The van der Waals surface area contributed by atoms with Crippen molar-refractivity contribution in [1.82, 2.24) is 14.9 Å². The number of aromatic nitrogens is 2. The second kappa shape index (κ2) is 8.27. The largest absolute Gasteiger partial charge is 0.497 e. The summed E-state index contributed by atoms with van der Waals surface area (Å²) in [5.74, 6) is 1.89. The number of aromatic amines is 1. The Morgan fingerprint density at radius 2 is 2.20 bits per heavy atom. The van der Waals surface area contributed by atoms with Crippen molar-refractivity contribution in [3.8, 4) is 5.75 Å². The van der Waals surface area contributed by atoms with Crippen molar-refractivity contribution in [3.63, 3.8) is 0 Å². The summed E-state index contributed by atoms with van der Waals surface area (Å²) in [7, 11) is 3.30. The van der Waals surface area contributed by atoms with Gasteiger partial charge < -0.3 is 14.5 Å². The van der Waals surface area contributed by atoms with Gasteiger partial charge in [-0.1, -0.05) is 12.1 Å². The molecular weight excluding hydrogens is 318 g/mol. The third-order valence-electron chi connectivity index (χ3n) is 4.54. The fourth-order valence-electron chi connectivity index (χ4n) is 3.40. The number of likely N-dealkylation sites (tertiary alicyclic amines) is 1. The van der Waals surface area contributed by atoms with Crippen LogP contribution < -0.4 is 10.3 Å². The maximum Gasteiger partial charge on any atom is 0.251 e. The number of benzene rings is 1. The highest BCUT2D eigenvalue weighted by Gasteiger charge is 2.23. The van der Waals surface area contributed by atoms with Crippen LogP contribution in [0, 0.1) is 0 Å². The summed E-state index contributed by atoms with van der Waals surface area (Å²) in [6.07, 6.45) is 2.13. The number of ether oxygens (including phenoxy) is 2. The first-order valence-corrected chi connectivity index (χ1v) is 8.62. The molecule has 0 saturated carbocycles. The van der Waals surface area contributed by atoms with Crippen LogP contribution in [0.1, 0.15) is 35.8 Å². The van der Waals surface area contributed by atoms with E-state index in [0.29, 0.717) is 12.3 Å². The summed E-state index contributed by atoms with van der Waals surface area (Å²) in [5, 5.41) is 0. The Labute approximate surface area is 147 Å². The van der Waals surface area contributed by atoms with Crippen LogP contribution >= 0.6 is 0 Å². The zero-order chi connectivity index (χ0) is 17.6. The average Bonchev–Trinajstić information content (AvgIpc) is 2.62. The van der Waals surface area contributed by atoms with Gasteiger partial charge in [-0.05, 0) is 37.1 Å². The van der Waals surface area contributed by atoms with Crippen molar-refractivity contribution in [2.45, 2.75) is 31.9 Å². The molecule has 0 radical (unpaired) electrons. The normalized spacial score (nSPS) is 18.2. The van der Waals surface area contributed by atoms with Gasteiger partial charge in [-0.3, -0.25) is 9.69 Å². The van der Waals surface area contributed by atoms with E-state index in [0.717, 1.165) is 44.0 Å². The van der Waals surface area contributed by atoms with E-state index in [-0.39, 0.29) is 11.5 Å². The Kier molecular flexibility index (Phi) is 5.83. The molecule has 6 nitrogen and oxygen atoms in total. The summed E-state index contributed by atoms with van der Waals surface area (Å²) >= 11 is 0. The monoisotopic (exact) mass is 343 g/mol. The molecule has 1 aliphatic rings. The summed E-state index contributed by atoms with van der Waals surface area (Å²) in [6.45, 7) is 3.17. The molecule has 1 aromatic carbocycles. The molecule has 1 N–H and O–H groups in total. The molecule has 6 heteroatoms. The number of hydrogen-bond acceptors (Lipinski definition) is 5. The lowest BCUT2D eigenvalue weighted by atomic mass is 9.96. The second-order valence-corrected chi connectivity index (χ2v) is 6.48. The van der Waals surface area contributed by atoms with Crippen molar-refractivity contribution >= 4 is 0 Å². The molecule has 134 valence electrons. The van der Waals surface area contributed by atoms with E-state index in [1.54, 1.807) is 14.2 Å². The minimum Gasteiger partial charge on any atom is -0.497 e. The SMILES string of the molecule is COCc1cc(=O)[nH]c([C@@H]2CCCN(Cc3cccc(OC)c3)C2)n1. The van der Waals surface area contributed by atoms with E-state index in [2.05, 4.69) is 27.0 Å². The lowest BCUT2D eigenvalue weighted by Gasteiger charge is -2.32.